The fourth-order valence-electron chi connectivity index (χ4n) is 2.83. The largest absolute Gasteiger partial charge is 0.444 e. The lowest BCUT2D eigenvalue weighted by molar-refractivity contribution is -0.133. The van der Waals surface area contributed by atoms with Crippen LogP contribution in [0.15, 0.2) is 24.3 Å². The van der Waals surface area contributed by atoms with Gasteiger partial charge in [-0.15, -0.1) is 0 Å². The SMILES string of the molecule is Cc1cccc(N2CCN(C(=O)C(C)NC(=O)OC(C)(C)C)CC2)c1. The highest BCUT2D eigenvalue weighted by Crippen LogP contribution is 2.18. The molecule has 0 aliphatic carbocycles. The molecule has 1 fully saturated rings. The third-order valence-corrected chi connectivity index (χ3v) is 4.06. The number of rotatable bonds is 3. The molecule has 0 saturated carbocycles. The lowest BCUT2D eigenvalue weighted by Crippen LogP contribution is -2.54. The normalized spacial score (nSPS) is 16.4. The standard InChI is InChI=1S/C19H29N3O3/c1-14-7-6-8-16(13-14)21-9-11-22(12-10-21)17(23)15(2)20-18(24)25-19(3,4)5/h6-8,13,15H,9-12H2,1-5H3,(H,20,24). The molecule has 1 aromatic rings. The van der Waals surface area contributed by atoms with Gasteiger partial charge in [-0.1, -0.05) is 12.1 Å². The average molecular weight is 347 g/mol. The van der Waals surface area contributed by atoms with Crippen LogP contribution in [-0.2, 0) is 9.53 Å². The van der Waals surface area contributed by atoms with Crippen molar-refractivity contribution >= 4 is 17.7 Å². The van der Waals surface area contributed by atoms with Crippen LogP contribution in [0, 0.1) is 6.92 Å². The summed E-state index contributed by atoms with van der Waals surface area (Å²) in [4.78, 5) is 28.4. The van der Waals surface area contributed by atoms with Gasteiger partial charge in [0, 0.05) is 31.9 Å². The van der Waals surface area contributed by atoms with E-state index in [0.29, 0.717) is 13.1 Å². The molecule has 0 radical (unpaired) electrons. The van der Waals surface area contributed by atoms with Crippen molar-refractivity contribution < 1.29 is 14.3 Å². The van der Waals surface area contributed by atoms with E-state index in [0.717, 1.165) is 13.1 Å². The molecule has 1 heterocycles. The highest BCUT2D eigenvalue weighted by Gasteiger charge is 2.27. The summed E-state index contributed by atoms with van der Waals surface area (Å²) >= 11 is 0. The van der Waals surface area contributed by atoms with Crippen LogP contribution in [0.2, 0.25) is 0 Å². The minimum Gasteiger partial charge on any atom is -0.444 e. The van der Waals surface area contributed by atoms with Crippen LogP contribution in [0.25, 0.3) is 0 Å². The van der Waals surface area contributed by atoms with Crippen molar-refractivity contribution in [2.45, 2.75) is 46.3 Å². The molecular weight excluding hydrogens is 318 g/mol. The summed E-state index contributed by atoms with van der Waals surface area (Å²) in [5.74, 6) is -0.0743. The zero-order valence-electron chi connectivity index (χ0n) is 15.8. The third kappa shape index (κ3) is 5.66. The zero-order chi connectivity index (χ0) is 18.6. The molecule has 1 saturated heterocycles. The Labute approximate surface area is 150 Å². The number of alkyl carbamates (subject to hydrolysis) is 1. The van der Waals surface area contributed by atoms with Crippen LogP contribution in [0.1, 0.15) is 33.3 Å². The fraction of sp³-hybridized carbons (Fsp3) is 0.579. The maximum Gasteiger partial charge on any atom is 0.408 e. The Morgan fingerprint density at radius 3 is 2.36 bits per heavy atom. The van der Waals surface area contributed by atoms with E-state index in [1.807, 2.05) is 0 Å². The Balaban J connectivity index is 1.85. The summed E-state index contributed by atoms with van der Waals surface area (Å²) < 4.78 is 5.20. The number of hydrogen-bond donors (Lipinski definition) is 1. The molecule has 0 aromatic heterocycles. The van der Waals surface area contributed by atoms with E-state index in [4.69, 9.17) is 4.74 Å². The molecule has 6 heteroatoms. The van der Waals surface area contributed by atoms with E-state index in [2.05, 4.69) is 41.4 Å². The Kier molecular flexibility index (Phi) is 5.93. The fourth-order valence-corrected chi connectivity index (χ4v) is 2.83. The van der Waals surface area contributed by atoms with E-state index >= 15 is 0 Å². The molecule has 2 amide bonds. The van der Waals surface area contributed by atoms with Gasteiger partial charge in [0.2, 0.25) is 5.91 Å². The van der Waals surface area contributed by atoms with Gasteiger partial charge in [0.1, 0.15) is 11.6 Å². The highest BCUT2D eigenvalue weighted by molar-refractivity contribution is 5.85. The maximum atomic E-state index is 12.5. The van der Waals surface area contributed by atoms with Gasteiger partial charge in [0.05, 0.1) is 0 Å². The molecule has 138 valence electrons. The topological polar surface area (TPSA) is 61.9 Å². The quantitative estimate of drug-likeness (QED) is 0.913. The number of anilines is 1. The Morgan fingerprint density at radius 1 is 1.16 bits per heavy atom. The lowest BCUT2D eigenvalue weighted by atomic mass is 10.2. The molecule has 1 unspecified atom stereocenters. The van der Waals surface area contributed by atoms with Crippen LogP contribution in [0.5, 0.6) is 0 Å². The van der Waals surface area contributed by atoms with Crippen molar-refractivity contribution in [3.05, 3.63) is 29.8 Å². The molecule has 1 aliphatic heterocycles. The first-order valence-corrected chi connectivity index (χ1v) is 8.75. The van der Waals surface area contributed by atoms with Crippen molar-refractivity contribution in [2.75, 3.05) is 31.1 Å². The van der Waals surface area contributed by atoms with E-state index in [1.54, 1.807) is 32.6 Å². The van der Waals surface area contributed by atoms with Crippen molar-refractivity contribution in [2.24, 2.45) is 0 Å². The van der Waals surface area contributed by atoms with E-state index in [1.165, 1.54) is 11.3 Å². The van der Waals surface area contributed by atoms with Crippen LogP contribution in [-0.4, -0.2) is 54.7 Å². The predicted molar refractivity (Wildman–Crippen MR) is 98.8 cm³/mol. The van der Waals surface area contributed by atoms with Crippen LogP contribution < -0.4 is 10.2 Å². The summed E-state index contributed by atoms with van der Waals surface area (Å²) in [7, 11) is 0. The summed E-state index contributed by atoms with van der Waals surface area (Å²) in [6.07, 6.45) is -0.563. The molecule has 25 heavy (non-hydrogen) atoms. The van der Waals surface area contributed by atoms with Crippen LogP contribution >= 0.6 is 0 Å². The van der Waals surface area contributed by atoms with Crippen molar-refractivity contribution in [1.82, 2.24) is 10.2 Å². The molecule has 6 nitrogen and oxygen atoms in total. The second-order valence-corrected chi connectivity index (χ2v) is 7.52. The van der Waals surface area contributed by atoms with Gasteiger partial charge in [-0.05, 0) is 52.3 Å². The number of nitrogens with one attached hydrogen (secondary N) is 1. The van der Waals surface area contributed by atoms with Crippen molar-refractivity contribution in [3.63, 3.8) is 0 Å². The van der Waals surface area contributed by atoms with Gasteiger partial charge in [-0.25, -0.2) is 4.79 Å². The number of amides is 2. The smallest absolute Gasteiger partial charge is 0.408 e. The maximum absolute atomic E-state index is 12.5. The first-order valence-electron chi connectivity index (χ1n) is 8.75. The van der Waals surface area contributed by atoms with Crippen molar-refractivity contribution in [1.29, 1.82) is 0 Å². The number of hydrogen-bond acceptors (Lipinski definition) is 4. The molecule has 1 aromatic carbocycles. The van der Waals surface area contributed by atoms with Crippen LogP contribution in [0.3, 0.4) is 0 Å². The lowest BCUT2D eigenvalue weighted by Gasteiger charge is -2.37. The Hall–Kier alpha value is -2.24. The number of piperazine rings is 1. The predicted octanol–water partition coefficient (Wildman–Crippen LogP) is 2.56. The summed E-state index contributed by atoms with van der Waals surface area (Å²) in [6, 6.07) is 7.78. The monoisotopic (exact) mass is 347 g/mol. The van der Waals surface area contributed by atoms with Gasteiger partial charge in [-0.2, -0.15) is 0 Å². The van der Waals surface area contributed by atoms with Crippen LogP contribution in [0.4, 0.5) is 10.5 Å². The first kappa shape index (κ1) is 19.1. The molecule has 1 atom stereocenters. The van der Waals surface area contributed by atoms with E-state index in [9.17, 15) is 9.59 Å². The molecule has 0 spiro atoms. The van der Waals surface area contributed by atoms with Crippen molar-refractivity contribution in [3.8, 4) is 0 Å². The zero-order valence-corrected chi connectivity index (χ0v) is 15.8. The minimum absolute atomic E-state index is 0.0743. The molecule has 1 N–H and O–H groups in total. The van der Waals surface area contributed by atoms with Gasteiger partial charge < -0.3 is 19.9 Å². The van der Waals surface area contributed by atoms with Gasteiger partial charge in [0.25, 0.3) is 0 Å². The summed E-state index contributed by atoms with van der Waals surface area (Å²) in [5.41, 5.74) is 1.84. The second-order valence-electron chi connectivity index (χ2n) is 7.52. The summed E-state index contributed by atoms with van der Waals surface area (Å²) in [5, 5.41) is 2.62. The molecule has 2 rings (SSSR count). The Bertz CT molecular complexity index is 617. The average Bonchev–Trinajstić information content (AvgIpc) is 2.52. The number of ether oxygens (including phenoxy) is 1. The molecule has 0 bridgehead atoms. The number of carbonyl (C=O) groups excluding carboxylic acids is 2. The van der Waals surface area contributed by atoms with E-state index in [-0.39, 0.29) is 5.91 Å². The minimum atomic E-state index is -0.597. The summed E-state index contributed by atoms with van der Waals surface area (Å²) in [6.45, 7) is 12.0. The first-order chi connectivity index (χ1) is 11.7. The second kappa shape index (κ2) is 7.76. The van der Waals surface area contributed by atoms with E-state index < -0.39 is 17.7 Å². The number of benzene rings is 1. The number of nitrogens with zero attached hydrogens (tertiary/aromatic N) is 2. The highest BCUT2D eigenvalue weighted by atomic mass is 16.6. The van der Waals surface area contributed by atoms with Gasteiger partial charge >= 0.3 is 6.09 Å². The molecule has 1 aliphatic rings. The van der Waals surface area contributed by atoms with Gasteiger partial charge in [-0.3, -0.25) is 4.79 Å². The molecular formula is C19H29N3O3. The number of aryl methyl sites for hydroxylation is 1. The Morgan fingerprint density at radius 2 is 1.80 bits per heavy atom. The number of carbonyl (C=O) groups is 2. The van der Waals surface area contributed by atoms with Gasteiger partial charge in [0.15, 0.2) is 0 Å². The third-order valence-electron chi connectivity index (χ3n) is 4.06.